The summed E-state index contributed by atoms with van der Waals surface area (Å²) >= 11 is 1.04. The van der Waals surface area contributed by atoms with Gasteiger partial charge in [0.15, 0.2) is 16.8 Å². The zero-order valence-corrected chi connectivity index (χ0v) is 11.8. The van der Waals surface area contributed by atoms with Crippen LogP contribution < -0.4 is 10.5 Å². The highest BCUT2D eigenvalue weighted by atomic mass is 32.2. The van der Waals surface area contributed by atoms with Gasteiger partial charge in [-0.3, -0.25) is 4.79 Å². The Morgan fingerprint density at radius 2 is 2.14 bits per heavy atom. The van der Waals surface area contributed by atoms with Crippen LogP contribution in [0.15, 0.2) is 29.4 Å². The molecular formula is C13H11F2N3O2S. The summed E-state index contributed by atoms with van der Waals surface area (Å²) < 4.78 is 31.6. The molecule has 1 amide bonds. The summed E-state index contributed by atoms with van der Waals surface area (Å²) in [5.74, 6) is -2.29. The molecule has 1 heterocycles. The van der Waals surface area contributed by atoms with Crippen LogP contribution in [-0.4, -0.2) is 23.0 Å². The Kier molecular flexibility index (Phi) is 4.69. The number of carbonyl (C=O) groups excluding carboxylic acids is 1. The van der Waals surface area contributed by atoms with Crippen molar-refractivity contribution >= 4 is 17.7 Å². The van der Waals surface area contributed by atoms with Crippen LogP contribution in [0.4, 0.5) is 8.78 Å². The zero-order valence-electron chi connectivity index (χ0n) is 11.0. The number of aromatic nitrogens is 2. The Bertz CT molecular complexity index is 682. The third-order valence-corrected chi connectivity index (χ3v) is 3.43. The Labute approximate surface area is 123 Å². The lowest BCUT2D eigenvalue weighted by molar-refractivity contribution is 0.0994. The highest BCUT2D eigenvalue weighted by Crippen LogP contribution is 2.24. The van der Waals surface area contributed by atoms with Gasteiger partial charge in [0.05, 0.1) is 7.11 Å². The van der Waals surface area contributed by atoms with E-state index in [1.165, 1.54) is 25.3 Å². The lowest BCUT2D eigenvalue weighted by Crippen LogP contribution is -2.14. The van der Waals surface area contributed by atoms with Crippen LogP contribution in [0.1, 0.15) is 16.1 Å². The number of nitrogens with zero attached hydrogens (tertiary/aromatic N) is 2. The Morgan fingerprint density at radius 3 is 2.81 bits per heavy atom. The van der Waals surface area contributed by atoms with Crippen molar-refractivity contribution in [2.24, 2.45) is 5.73 Å². The second-order valence-electron chi connectivity index (χ2n) is 3.94. The van der Waals surface area contributed by atoms with Crippen LogP contribution in [0.25, 0.3) is 0 Å². The fraction of sp³-hybridized carbons (Fsp3) is 0.154. The van der Waals surface area contributed by atoms with Gasteiger partial charge in [-0.15, -0.1) is 0 Å². The minimum absolute atomic E-state index is 0.0101. The molecule has 1 aromatic heterocycles. The quantitative estimate of drug-likeness (QED) is 0.676. The number of hydrogen-bond donors (Lipinski definition) is 1. The molecule has 0 saturated carbocycles. The average molecular weight is 311 g/mol. The predicted octanol–water partition coefficient (Wildman–Crippen LogP) is 2.15. The lowest BCUT2D eigenvalue weighted by atomic mass is 10.2. The Morgan fingerprint density at radius 1 is 1.38 bits per heavy atom. The third-order valence-electron chi connectivity index (χ3n) is 2.53. The summed E-state index contributed by atoms with van der Waals surface area (Å²) in [5, 5.41) is 0.187. The maximum Gasteiger partial charge on any atom is 0.267 e. The second kappa shape index (κ2) is 6.49. The van der Waals surface area contributed by atoms with E-state index in [0.29, 0.717) is 0 Å². The predicted molar refractivity (Wildman–Crippen MR) is 73.0 cm³/mol. The van der Waals surface area contributed by atoms with Crippen LogP contribution in [-0.2, 0) is 5.75 Å². The standard InChI is InChI=1S/C13H11F2N3O2S/c1-20-10-5-9(12(16)19)17-13(18-10)21-6-7-3-2-4-8(14)11(7)15/h2-5H,6H2,1H3,(H2,16,19). The monoisotopic (exact) mass is 311 g/mol. The molecule has 0 fully saturated rings. The molecule has 110 valence electrons. The molecule has 2 rings (SSSR count). The molecule has 2 aromatic rings. The summed E-state index contributed by atoms with van der Waals surface area (Å²) in [6.45, 7) is 0. The molecule has 0 aliphatic heterocycles. The van der Waals surface area contributed by atoms with Crippen molar-refractivity contribution in [2.45, 2.75) is 10.9 Å². The van der Waals surface area contributed by atoms with Crippen LogP contribution >= 0.6 is 11.8 Å². The molecule has 0 bridgehead atoms. The van der Waals surface area contributed by atoms with Gasteiger partial charge in [0.1, 0.15) is 5.69 Å². The van der Waals surface area contributed by atoms with Crippen molar-refractivity contribution < 1.29 is 18.3 Å². The smallest absolute Gasteiger partial charge is 0.267 e. The number of primary amides is 1. The first-order valence-electron chi connectivity index (χ1n) is 5.80. The van der Waals surface area contributed by atoms with Gasteiger partial charge in [-0.05, 0) is 6.07 Å². The van der Waals surface area contributed by atoms with Crippen LogP contribution in [0.5, 0.6) is 5.88 Å². The summed E-state index contributed by atoms with van der Waals surface area (Å²) in [4.78, 5) is 19.1. The van der Waals surface area contributed by atoms with Crippen LogP contribution in [0.3, 0.4) is 0 Å². The fourth-order valence-corrected chi connectivity index (χ4v) is 2.33. The minimum Gasteiger partial charge on any atom is -0.481 e. The first-order valence-corrected chi connectivity index (χ1v) is 6.78. The molecule has 0 aliphatic carbocycles. The molecule has 2 N–H and O–H groups in total. The van der Waals surface area contributed by atoms with E-state index in [1.807, 2.05) is 0 Å². The van der Waals surface area contributed by atoms with Crippen molar-refractivity contribution in [3.05, 3.63) is 47.2 Å². The normalized spacial score (nSPS) is 10.4. The van der Waals surface area contributed by atoms with Crippen molar-refractivity contribution in [3.63, 3.8) is 0 Å². The molecule has 0 spiro atoms. The molecule has 21 heavy (non-hydrogen) atoms. The molecule has 8 heteroatoms. The van der Waals surface area contributed by atoms with Crippen LogP contribution in [0, 0.1) is 11.6 Å². The number of ether oxygens (including phenoxy) is 1. The van der Waals surface area contributed by atoms with Gasteiger partial charge in [0, 0.05) is 17.4 Å². The van der Waals surface area contributed by atoms with Gasteiger partial charge < -0.3 is 10.5 Å². The number of halogens is 2. The van der Waals surface area contributed by atoms with Gasteiger partial charge >= 0.3 is 0 Å². The number of nitrogens with two attached hydrogens (primary N) is 1. The van der Waals surface area contributed by atoms with Crippen molar-refractivity contribution in [1.82, 2.24) is 9.97 Å². The first kappa shape index (κ1) is 15.2. The van der Waals surface area contributed by atoms with E-state index in [1.54, 1.807) is 0 Å². The second-order valence-corrected chi connectivity index (χ2v) is 4.89. The third kappa shape index (κ3) is 3.66. The number of rotatable bonds is 5. The van der Waals surface area contributed by atoms with Gasteiger partial charge in [0.25, 0.3) is 5.91 Å². The fourth-order valence-electron chi connectivity index (χ4n) is 1.50. The number of hydrogen-bond acceptors (Lipinski definition) is 5. The largest absolute Gasteiger partial charge is 0.481 e. The van der Waals surface area contributed by atoms with Gasteiger partial charge in [0.2, 0.25) is 5.88 Å². The van der Waals surface area contributed by atoms with E-state index >= 15 is 0 Å². The van der Waals surface area contributed by atoms with Crippen LogP contribution in [0.2, 0.25) is 0 Å². The SMILES string of the molecule is COc1cc(C(N)=O)nc(SCc2cccc(F)c2F)n1. The molecular weight excluding hydrogens is 300 g/mol. The summed E-state index contributed by atoms with van der Waals surface area (Å²) in [5.41, 5.74) is 5.32. The van der Waals surface area contributed by atoms with Crippen molar-refractivity contribution in [1.29, 1.82) is 0 Å². The van der Waals surface area contributed by atoms with E-state index in [9.17, 15) is 13.6 Å². The molecule has 1 aromatic carbocycles. The topological polar surface area (TPSA) is 78.1 Å². The number of benzene rings is 1. The van der Waals surface area contributed by atoms with Crippen molar-refractivity contribution in [3.8, 4) is 5.88 Å². The van der Waals surface area contributed by atoms with E-state index in [0.717, 1.165) is 17.8 Å². The van der Waals surface area contributed by atoms with E-state index in [-0.39, 0.29) is 28.0 Å². The summed E-state index contributed by atoms with van der Waals surface area (Å²) in [7, 11) is 1.38. The number of methoxy groups -OCH3 is 1. The van der Waals surface area contributed by atoms with E-state index in [4.69, 9.17) is 10.5 Å². The summed E-state index contributed by atoms with van der Waals surface area (Å²) in [6.07, 6.45) is 0. The number of carbonyl (C=O) groups is 1. The van der Waals surface area contributed by atoms with Crippen molar-refractivity contribution in [2.75, 3.05) is 7.11 Å². The van der Waals surface area contributed by atoms with E-state index < -0.39 is 17.5 Å². The Hall–Kier alpha value is -2.22. The highest BCUT2D eigenvalue weighted by Gasteiger charge is 2.12. The van der Waals surface area contributed by atoms with Gasteiger partial charge in [-0.25, -0.2) is 13.8 Å². The molecule has 0 unspecified atom stereocenters. The molecule has 0 aliphatic rings. The maximum atomic E-state index is 13.5. The van der Waals surface area contributed by atoms with Gasteiger partial charge in [-0.1, -0.05) is 23.9 Å². The molecule has 0 saturated heterocycles. The number of thioether (sulfide) groups is 1. The zero-order chi connectivity index (χ0) is 15.4. The lowest BCUT2D eigenvalue weighted by Gasteiger charge is -2.06. The van der Waals surface area contributed by atoms with E-state index in [2.05, 4.69) is 9.97 Å². The number of amides is 1. The summed E-state index contributed by atoms with van der Waals surface area (Å²) in [6, 6.07) is 5.21. The Balaban J connectivity index is 2.21. The minimum atomic E-state index is -0.919. The molecule has 0 radical (unpaired) electrons. The van der Waals surface area contributed by atoms with Gasteiger partial charge in [-0.2, -0.15) is 4.98 Å². The first-order chi connectivity index (χ1) is 10.0. The highest BCUT2D eigenvalue weighted by molar-refractivity contribution is 7.98. The molecule has 0 atom stereocenters. The molecule has 5 nitrogen and oxygen atoms in total. The maximum absolute atomic E-state index is 13.5. The average Bonchev–Trinajstić information content (AvgIpc) is 2.48.